The SMILES string of the molecule is CCc1cc2c(=O)c(-c3nc(C)cs3)coc2cc1O[C@H](C)C(=O)N[C@H](CCSC)C(=O)O. The molecule has 1 aromatic carbocycles. The van der Waals surface area contributed by atoms with Gasteiger partial charge in [0.2, 0.25) is 5.43 Å². The highest BCUT2D eigenvalue weighted by Gasteiger charge is 2.24. The van der Waals surface area contributed by atoms with Crippen LogP contribution in [0.5, 0.6) is 5.75 Å². The third-order valence-electron chi connectivity index (χ3n) is 5.08. The van der Waals surface area contributed by atoms with Crippen molar-refractivity contribution < 1.29 is 23.8 Å². The third kappa shape index (κ3) is 5.75. The largest absolute Gasteiger partial charge is 0.480 e. The number of ether oxygens (including phenoxy) is 1. The summed E-state index contributed by atoms with van der Waals surface area (Å²) in [6.45, 7) is 5.33. The number of hydrogen-bond acceptors (Lipinski definition) is 8. The first-order valence-corrected chi connectivity index (χ1v) is 12.7. The minimum absolute atomic E-state index is 0.185. The fourth-order valence-corrected chi connectivity index (χ4v) is 4.51. The van der Waals surface area contributed by atoms with Gasteiger partial charge < -0.3 is 19.6 Å². The van der Waals surface area contributed by atoms with Gasteiger partial charge in [-0.05, 0) is 50.3 Å². The lowest BCUT2D eigenvalue weighted by Gasteiger charge is -2.20. The Kier molecular flexibility index (Phi) is 8.15. The molecule has 33 heavy (non-hydrogen) atoms. The Morgan fingerprint density at radius 1 is 1.36 bits per heavy atom. The number of aryl methyl sites for hydroxylation is 2. The zero-order valence-corrected chi connectivity index (χ0v) is 20.5. The average molecular weight is 491 g/mol. The standard InChI is InChI=1S/C23H26N2O6S2/c1-5-14-8-15-19(30-10-16(20(15)26)22-24-12(2)11-33-22)9-18(14)31-13(3)21(27)25-17(23(28)29)6-7-32-4/h8-11,13,17H,5-7H2,1-4H3,(H,25,27)(H,28,29)/t13-,17-/m1/s1. The number of amides is 1. The molecule has 3 aromatic rings. The van der Waals surface area contributed by atoms with E-state index in [0.29, 0.717) is 45.9 Å². The van der Waals surface area contributed by atoms with Gasteiger partial charge in [0.25, 0.3) is 5.91 Å². The van der Waals surface area contributed by atoms with E-state index in [1.165, 1.54) is 29.4 Å². The Morgan fingerprint density at radius 3 is 2.73 bits per heavy atom. The highest BCUT2D eigenvalue weighted by atomic mass is 32.2. The first-order valence-electron chi connectivity index (χ1n) is 10.4. The van der Waals surface area contributed by atoms with Crippen molar-refractivity contribution in [3.8, 4) is 16.3 Å². The number of nitrogens with zero attached hydrogens (tertiary/aromatic N) is 1. The number of carboxylic acids is 1. The fraction of sp³-hybridized carbons (Fsp3) is 0.391. The molecule has 176 valence electrons. The second kappa shape index (κ2) is 10.8. The maximum absolute atomic E-state index is 13.1. The van der Waals surface area contributed by atoms with Crippen LogP contribution < -0.4 is 15.5 Å². The lowest BCUT2D eigenvalue weighted by Crippen LogP contribution is -2.46. The van der Waals surface area contributed by atoms with Gasteiger partial charge >= 0.3 is 5.97 Å². The molecule has 0 bridgehead atoms. The topological polar surface area (TPSA) is 119 Å². The summed E-state index contributed by atoms with van der Waals surface area (Å²) in [5.74, 6) is -0.595. The maximum Gasteiger partial charge on any atom is 0.326 e. The smallest absolute Gasteiger partial charge is 0.326 e. The minimum atomic E-state index is -1.09. The van der Waals surface area contributed by atoms with Crippen LogP contribution in [0.1, 0.15) is 31.5 Å². The van der Waals surface area contributed by atoms with Crippen LogP contribution in [0.25, 0.3) is 21.5 Å². The molecule has 0 saturated heterocycles. The van der Waals surface area contributed by atoms with Crippen LogP contribution in [0.4, 0.5) is 0 Å². The molecule has 0 radical (unpaired) electrons. The molecule has 2 N–H and O–H groups in total. The van der Waals surface area contributed by atoms with Crippen molar-refractivity contribution in [2.45, 2.75) is 45.8 Å². The number of hydrogen-bond donors (Lipinski definition) is 2. The number of nitrogens with one attached hydrogen (secondary N) is 1. The first-order chi connectivity index (χ1) is 15.7. The number of thiazole rings is 1. The van der Waals surface area contributed by atoms with Gasteiger partial charge in [0, 0.05) is 17.1 Å². The van der Waals surface area contributed by atoms with E-state index in [-0.39, 0.29) is 5.43 Å². The zero-order valence-electron chi connectivity index (χ0n) is 18.8. The van der Waals surface area contributed by atoms with Gasteiger partial charge in [-0.15, -0.1) is 11.3 Å². The molecule has 2 heterocycles. The highest BCUT2D eigenvalue weighted by Crippen LogP contribution is 2.29. The normalized spacial score (nSPS) is 13.0. The Hall–Kier alpha value is -2.85. The van der Waals surface area contributed by atoms with Crippen molar-refractivity contribution in [3.63, 3.8) is 0 Å². The first kappa shape index (κ1) is 24.8. The fourth-order valence-electron chi connectivity index (χ4n) is 3.24. The minimum Gasteiger partial charge on any atom is -0.480 e. The van der Waals surface area contributed by atoms with E-state index in [0.717, 1.165) is 11.3 Å². The number of carbonyl (C=O) groups excluding carboxylic acids is 1. The number of aromatic nitrogens is 1. The zero-order chi connectivity index (χ0) is 24.1. The Balaban J connectivity index is 1.86. The van der Waals surface area contributed by atoms with Crippen molar-refractivity contribution in [1.82, 2.24) is 10.3 Å². The predicted octanol–water partition coefficient (Wildman–Crippen LogP) is 3.88. The molecular formula is C23H26N2O6S2. The second-order valence-corrected chi connectivity index (χ2v) is 9.37. The molecule has 3 rings (SSSR count). The summed E-state index contributed by atoms with van der Waals surface area (Å²) in [5.41, 5.74) is 2.11. The van der Waals surface area contributed by atoms with E-state index in [4.69, 9.17) is 9.15 Å². The number of carbonyl (C=O) groups is 2. The number of carboxylic acid groups (broad SMARTS) is 1. The quantitative estimate of drug-likeness (QED) is 0.440. The van der Waals surface area contributed by atoms with Gasteiger partial charge in [-0.2, -0.15) is 11.8 Å². The van der Waals surface area contributed by atoms with Gasteiger partial charge in [-0.3, -0.25) is 9.59 Å². The van der Waals surface area contributed by atoms with E-state index in [2.05, 4.69) is 10.3 Å². The van der Waals surface area contributed by atoms with E-state index < -0.39 is 24.0 Å². The van der Waals surface area contributed by atoms with Crippen LogP contribution in [0.2, 0.25) is 0 Å². The Bertz CT molecular complexity index is 1220. The molecule has 0 saturated carbocycles. The Morgan fingerprint density at radius 2 is 2.12 bits per heavy atom. The van der Waals surface area contributed by atoms with Crippen LogP contribution in [0, 0.1) is 6.92 Å². The van der Waals surface area contributed by atoms with Crippen molar-refractivity contribution in [2.75, 3.05) is 12.0 Å². The summed E-state index contributed by atoms with van der Waals surface area (Å²) in [6, 6.07) is 2.33. The van der Waals surface area contributed by atoms with Crippen molar-refractivity contribution in [3.05, 3.63) is 45.3 Å². The summed E-state index contributed by atoms with van der Waals surface area (Å²) in [7, 11) is 0. The summed E-state index contributed by atoms with van der Waals surface area (Å²) >= 11 is 2.89. The van der Waals surface area contributed by atoms with Gasteiger partial charge in [0.1, 0.15) is 28.6 Å². The Labute approximate surface area is 199 Å². The van der Waals surface area contributed by atoms with E-state index in [1.807, 2.05) is 25.5 Å². The molecule has 8 nitrogen and oxygen atoms in total. The molecule has 10 heteroatoms. The molecule has 1 amide bonds. The van der Waals surface area contributed by atoms with Crippen LogP contribution in [0.15, 0.2) is 33.0 Å². The van der Waals surface area contributed by atoms with Crippen LogP contribution in [-0.2, 0) is 16.0 Å². The molecule has 0 spiro atoms. The molecule has 0 aliphatic rings. The van der Waals surface area contributed by atoms with Gasteiger partial charge in [0.15, 0.2) is 6.10 Å². The van der Waals surface area contributed by atoms with E-state index >= 15 is 0 Å². The number of thioether (sulfide) groups is 1. The van der Waals surface area contributed by atoms with Crippen LogP contribution in [0.3, 0.4) is 0 Å². The number of rotatable bonds is 10. The third-order valence-corrected chi connectivity index (χ3v) is 6.72. The number of benzene rings is 1. The lowest BCUT2D eigenvalue weighted by atomic mass is 10.1. The maximum atomic E-state index is 13.1. The monoisotopic (exact) mass is 490 g/mol. The summed E-state index contributed by atoms with van der Waals surface area (Å²) in [5, 5.41) is 14.7. The van der Waals surface area contributed by atoms with Crippen molar-refractivity contribution in [1.29, 1.82) is 0 Å². The van der Waals surface area contributed by atoms with Crippen LogP contribution >= 0.6 is 23.1 Å². The molecule has 0 unspecified atom stereocenters. The van der Waals surface area contributed by atoms with Gasteiger partial charge in [-0.1, -0.05) is 6.92 Å². The predicted molar refractivity (Wildman–Crippen MR) is 130 cm³/mol. The molecule has 0 fully saturated rings. The molecule has 2 aromatic heterocycles. The van der Waals surface area contributed by atoms with Crippen molar-refractivity contribution >= 4 is 45.9 Å². The average Bonchev–Trinajstić information content (AvgIpc) is 3.22. The second-order valence-electron chi connectivity index (χ2n) is 7.52. The van der Waals surface area contributed by atoms with E-state index in [1.54, 1.807) is 19.1 Å². The van der Waals surface area contributed by atoms with Crippen molar-refractivity contribution in [2.24, 2.45) is 0 Å². The van der Waals surface area contributed by atoms with Crippen LogP contribution in [-0.4, -0.2) is 46.1 Å². The molecular weight excluding hydrogens is 464 g/mol. The summed E-state index contributed by atoms with van der Waals surface area (Å²) in [6.07, 6.45) is 3.20. The molecule has 0 aliphatic heterocycles. The molecule has 0 aliphatic carbocycles. The molecule has 2 atom stereocenters. The number of fused-ring (bicyclic) bond motifs is 1. The number of aliphatic carboxylic acids is 1. The van der Waals surface area contributed by atoms with E-state index in [9.17, 15) is 19.5 Å². The highest BCUT2D eigenvalue weighted by molar-refractivity contribution is 7.98. The lowest BCUT2D eigenvalue weighted by molar-refractivity contribution is -0.142. The summed E-state index contributed by atoms with van der Waals surface area (Å²) in [4.78, 5) is 41.4. The van der Waals surface area contributed by atoms with Gasteiger partial charge in [-0.25, -0.2) is 9.78 Å². The summed E-state index contributed by atoms with van der Waals surface area (Å²) < 4.78 is 11.6. The van der Waals surface area contributed by atoms with Gasteiger partial charge in [0.05, 0.1) is 10.9 Å².